The van der Waals surface area contributed by atoms with Crippen molar-refractivity contribution in [2.75, 3.05) is 0 Å². The summed E-state index contributed by atoms with van der Waals surface area (Å²) in [5.74, 6) is -0.898. The van der Waals surface area contributed by atoms with Crippen LogP contribution in [0.4, 0.5) is 8.78 Å². The molecule has 7 heteroatoms. The molecular formula is C21H18ClF2NO2S. The fourth-order valence-electron chi connectivity index (χ4n) is 3.97. The smallest absolute Gasteiger partial charge is 0.240 e. The minimum atomic E-state index is -4.14. The van der Waals surface area contributed by atoms with Gasteiger partial charge in [0.15, 0.2) is 0 Å². The third kappa shape index (κ3) is 2.95. The molecule has 3 nitrogen and oxygen atoms in total. The van der Waals surface area contributed by atoms with Crippen molar-refractivity contribution in [1.29, 1.82) is 0 Å². The highest BCUT2D eigenvalue weighted by molar-refractivity contribution is 7.90. The first-order valence-electron chi connectivity index (χ1n) is 9.04. The molecule has 0 bridgehead atoms. The molecule has 1 aliphatic carbocycles. The Bertz CT molecular complexity index is 1170. The molecule has 1 atom stereocenters. The molecule has 146 valence electrons. The van der Waals surface area contributed by atoms with E-state index in [0.717, 1.165) is 46.1 Å². The number of halogens is 3. The van der Waals surface area contributed by atoms with Crippen molar-refractivity contribution in [3.05, 3.63) is 76.4 Å². The summed E-state index contributed by atoms with van der Waals surface area (Å²) < 4.78 is 56.0. The summed E-state index contributed by atoms with van der Waals surface area (Å²) in [5, 5.41) is -0.208. The first kappa shape index (κ1) is 19.2. The van der Waals surface area contributed by atoms with Crippen LogP contribution >= 0.6 is 11.6 Å². The molecule has 3 aromatic rings. The van der Waals surface area contributed by atoms with Crippen LogP contribution in [0.3, 0.4) is 0 Å². The van der Waals surface area contributed by atoms with Crippen LogP contribution in [0, 0.1) is 11.6 Å². The van der Waals surface area contributed by atoms with Gasteiger partial charge in [0.1, 0.15) is 16.5 Å². The lowest BCUT2D eigenvalue weighted by Gasteiger charge is -2.14. The third-order valence-electron chi connectivity index (χ3n) is 5.35. The van der Waals surface area contributed by atoms with Gasteiger partial charge in [-0.2, -0.15) is 0 Å². The maximum Gasteiger partial charge on any atom is 0.269 e. The topological polar surface area (TPSA) is 39.1 Å². The Labute approximate surface area is 167 Å². The van der Waals surface area contributed by atoms with Gasteiger partial charge in [-0.15, -0.1) is 0 Å². The van der Waals surface area contributed by atoms with Crippen LogP contribution in [0.2, 0.25) is 5.02 Å². The number of nitrogens with zero attached hydrogens (tertiary/aromatic N) is 1. The molecule has 28 heavy (non-hydrogen) atoms. The van der Waals surface area contributed by atoms with Crippen molar-refractivity contribution in [2.24, 2.45) is 0 Å². The van der Waals surface area contributed by atoms with E-state index >= 15 is 0 Å². The van der Waals surface area contributed by atoms with Gasteiger partial charge in [-0.1, -0.05) is 30.7 Å². The van der Waals surface area contributed by atoms with Gasteiger partial charge in [-0.05, 0) is 66.6 Å². The van der Waals surface area contributed by atoms with Gasteiger partial charge < -0.3 is 0 Å². The van der Waals surface area contributed by atoms with Gasteiger partial charge in [0, 0.05) is 11.8 Å². The number of rotatable bonds is 4. The number of benzene rings is 2. The first-order chi connectivity index (χ1) is 13.3. The molecular weight excluding hydrogens is 404 g/mol. The Balaban J connectivity index is 2.01. The molecule has 4 rings (SSSR count). The lowest BCUT2D eigenvalue weighted by molar-refractivity contribution is 0.585. The van der Waals surface area contributed by atoms with E-state index in [4.69, 9.17) is 11.6 Å². The average Bonchev–Trinajstić information content (AvgIpc) is 3.21. The Hall–Kier alpha value is -2.18. The fourth-order valence-corrected chi connectivity index (χ4v) is 5.88. The van der Waals surface area contributed by atoms with E-state index in [-0.39, 0.29) is 21.4 Å². The van der Waals surface area contributed by atoms with Gasteiger partial charge in [0.05, 0.1) is 10.7 Å². The zero-order valence-corrected chi connectivity index (χ0v) is 16.7. The van der Waals surface area contributed by atoms with Gasteiger partial charge in [0.25, 0.3) is 10.0 Å². The summed E-state index contributed by atoms with van der Waals surface area (Å²) >= 11 is 6.04. The summed E-state index contributed by atoms with van der Waals surface area (Å²) in [5.41, 5.74) is 2.31. The van der Waals surface area contributed by atoms with Crippen molar-refractivity contribution in [2.45, 2.75) is 37.0 Å². The first-order valence-corrected chi connectivity index (χ1v) is 10.9. The maximum atomic E-state index is 14.6. The minimum Gasteiger partial charge on any atom is -0.240 e. The summed E-state index contributed by atoms with van der Waals surface area (Å²) in [4.78, 5) is -0.213. The molecule has 1 aliphatic rings. The number of aromatic nitrogens is 1. The Kier molecular flexibility index (Phi) is 4.79. The van der Waals surface area contributed by atoms with Crippen molar-refractivity contribution < 1.29 is 17.2 Å². The summed E-state index contributed by atoms with van der Waals surface area (Å²) in [6, 6.07) is 9.26. The highest BCUT2D eigenvalue weighted by Gasteiger charge is 2.33. The van der Waals surface area contributed by atoms with Crippen LogP contribution in [-0.4, -0.2) is 12.4 Å². The van der Waals surface area contributed by atoms with Crippen molar-refractivity contribution in [1.82, 2.24) is 3.97 Å². The van der Waals surface area contributed by atoms with Crippen LogP contribution in [0.1, 0.15) is 36.8 Å². The molecule has 2 aromatic carbocycles. The largest absolute Gasteiger partial charge is 0.269 e. The van der Waals surface area contributed by atoms with E-state index in [1.165, 1.54) is 6.07 Å². The molecule has 0 amide bonds. The predicted molar refractivity (Wildman–Crippen MR) is 105 cm³/mol. The van der Waals surface area contributed by atoms with Crippen LogP contribution < -0.4 is 0 Å². The maximum absolute atomic E-state index is 14.6. The van der Waals surface area contributed by atoms with E-state index in [1.807, 2.05) is 6.92 Å². The standard InChI is InChI=1S/C21H18ClF2NO2S/c1-2-13-7-9-15-17(13)12-25(21(15)16-5-3-4-6-19(16)24)28(26,27)20-10-8-14(23)11-18(20)22/h3-6,8,10-13H,2,7,9H2,1H3. The predicted octanol–water partition coefficient (Wildman–Crippen LogP) is 5.76. The molecule has 1 unspecified atom stereocenters. The summed E-state index contributed by atoms with van der Waals surface area (Å²) in [6.07, 6.45) is 4.02. The monoisotopic (exact) mass is 421 g/mol. The average molecular weight is 422 g/mol. The van der Waals surface area contributed by atoms with E-state index in [9.17, 15) is 17.2 Å². The fraction of sp³-hybridized carbons (Fsp3) is 0.238. The zero-order chi connectivity index (χ0) is 20.1. The molecule has 0 radical (unpaired) electrons. The molecule has 0 saturated heterocycles. The van der Waals surface area contributed by atoms with E-state index in [0.29, 0.717) is 12.1 Å². The highest BCUT2D eigenvalue weighted by Crippen LogP contribution is 2.44. The quantitative estimate of drug-likeness (QED) is 0.537. The second-order valence-electron chi connectivity index (χ2n) is 6.91. The molecule has 0 saturated carbocycles. The van der Waals surface area contributed by atoms with Crippen LogP contribution in [0.15, 0.2) is 53.6 Å². The van der Waals surface area contributed by atoms with Gasteiger partial charge >= 0.3 is 0 Å². The van der Waals surface area contributed by atoms with Crippen LogP contribution in [0.25, 0.3) is 11.3 Å². The number of fused-ring (bicyclic) bond motifs is 1. The molecule has 1 aromatic heterocycles. The summed E-state index contributed by atoms with van der Waals surface area (Å²) in [7, 11) is -4.14. The normalized spacial score (nSPS) is 16.4. The zero-order valence-electron chi connectivity index (χ0n) is 15.1. The van der Waals surface area contributed by atoms with Crippen LogP contribution in [-0.2, 0) is 16.4 Å². The Morgan fingerprint density at radius 1 is 1.18 bits per heavy atom. The van der Waals surface area contributed by atoms with Crippen molar-refractivity contribution in [3.63, 3.8) is 0 Å². The van der Waals surface area contributed by atoms with Gasteiger partial charge in [-0.25, -0.2) is 21.2 Å². The minimum absolute atomic E-state index is 0.208. The molecule has 0 aliphatic heterocycles. The molecule has 1 heterocycles. The van der Waals surface area contributed by atoms with Crippen molar-refractivity contribution in [3.8, 4) is 11.3 Å². The second-order valence-corrected chi connectivity index (χ2v) is 9.10. The number of hydrogen-bond donors (Lipinski definition) is 0. The Morgan fingerprint density at radius 2 is 1.93 bits per heavy atom. The van der Waals surface area contributed by atoms with E-state index in [2.05, 4.69) is 0 Å². The van der Waals surface area contributed by atoms with Gasteiger partial charge in [0.2, 0.25) is 0 Å². The van der Waals surface area contributed by atoms with Gasteiger partial charge in [-0.3, -0.25) is 0 Å². The highest BCUT2D eigenvalue weighted by atomic mass is 35.5. The Morgan fingerprint density at radius 3 is 2.61 bits per heavy atom. The van der Waals surface area contributed by atoms with Crippen molar-refractivity contribution >= 4 is 21.6 Å². The SMILES string of the molecule is CCC1CCc2c1cn(S(=O)(=O)c1ccc(F)cc1Cl)c2-c1ccccc1F. The summed E-state index contributed by atoms with van der Waals surface area (Å²) in [6.45, 7) is 2.05. The van der Waals surface area contributed by atoms with E-state index < -0.39 is 21.7 Å². The lowest BCUT2D eigenvalue weighted by atomic mass is 10.0. The lowest BCUT2D eigenvalue weighted by Crippen LogP contribution is -2.15. The number of hydrogen-bond acceptors (Lipinski definition) is 2. The second kappa shape index (κ2) is 7.01. The van der Waals surface area contributed by atoms with Crippen LogP contribution in [0.5, 0.6) is 0 Å². The third-order valence-corrected chi connectivity index (χ3v) is 7.49. The molecule has 0 fully saturated rings. The van der Waals surface area contributed by atoms with E-state index in [1.54, 1.807) is 24.4 Å². The molecule has 0 N–H and O–H groups in total. The molecule has 0 spiro atoms.